The maximum absolute atomic E-state index is 9.44. The molecule has 0 heterocycles. The van der Waals surface area contributed by atoms with Crippen molar-refractivity contribution in [2.24, 2.45) is 0 Å². The second-order valence-corrected chi connectivity index (χ2v) is 0.908. The first-order chi connectivity index (χ1) is 1.73. The molecule has 0 aromatic heterocycles. The van der Waals surface area contributed by atoms with Crippen molar-refractivity contribution in [1.29, 1.82) is 0 Å². The Morgan fingerprint density at radius 3 is 1.40 bits per heavy atom. The Kier molecular flexibility index (Phi) is 10.2. The first-order valence-corrected chi connectivity index (χ1v) is 1.20. The molecular formula is C3H7KO. The molecule has 0 amide bonds. The predicted molar refractivity (Wildman–Crippen MR) is 23.5 cm³/mol. The van der Waals surface area contributed by atoms with E-state index in [-0.39, 0.29) is 57.2 Å². The molecule has 1 nitrogen and oxygen atoms in total. The van der Waals surface area contributed by atoms with Crippen LogP contribution < -0.4 is 0 Å². The zero-order chi connectivity index (χ0) is 3.58. The molecule has 0 aliphatic carbocycles. The van der Waals surface area contributed by atoms with E-state index < -0.39 is 0 Å². The molecule has 0 unspecified atom stereocenters. The molecule has 0 atom stereocenters. The summed E-state index contributed by atoms with van der Waals surface area (Å²) in [4.78, 5) is 9.44. The third kappa shape index (κ3) is 34.0. The van der Waals surface area contributed by atoms with E-state index in [0.29, 0.717) is 0 Å². The van der Waals surface area contributed by atoms with Gasteiger partial charge in [0.2, 0.25) is 0 Å². The van der Waals surface area contributed by atoms with Gasteiger partial charge in [0.05, 0.1) is 0 Å². The molecule has 26 valence electrons. The van der Waals surface area contributed by atoms with Gasteiger partial charge in [0, 0.05) is 0 Å². The first-order valence-electron chi connectivity index (χ1n) is 1.20. The Morgan fingerprint density at radius 1 is 1.40 bits per heavy atom. The molecule has 0 fully saturated rings. The Morgan fingerprint density at radius 2 is 1.40 bits per heavy atom. The van der Waals surface area contributed by atoms with Crippen LogP contribution in [0.15, 0.2) is 0 Å². The molecule has 0 radical (unpaired) electrons. The van der Waals surface area contributed by atoms with E-state index in [1.165, 1.54) is 13.8 Å². The molecule has 0 rings (SSSR count). The van der Waals surface area contributed by atoms with Gasteiger partial charge in [-0.3, -0.25) is 0 Å². The normalized spacial score (nSPS) is 5.20. The zero-order valence-electron chi connectivity index (χ0n) is 2.91. The van der Waals surface area contributed by atoms with E-state index in [4.69, 9.17) is 0 Å². The van der Waals surface area contributed by atoms with E-state index >= 15 is 0 Å². The number of hydrogen-bond acceptors (Lipinski definition) is 1. The van der Waals surface area contributed by atoms with Crippen molar-refractivity contribution in [1.82, 2.24) is 0 Å². The monoisotopic (exact) mass is 98.0 g/mol. The summed E-state index contributed by atoms with van der Waals surface area (Å²) in [6.07, 6.45) is 0. The summed E-state index contributed by atoms with van der Waals surface area (Å²) in [5.41, 5.74) is 0. The van der Waals surface area contributed by atoms with Crippen molar-refractivity contribution in [3.05, 3.63) is 0 Å². The third-order valence-corrected chi connectivity index (χ3v) is 0. The first kappa shape index (κ1) is 9.58. The average Bonchev–Trinajstić information content (AvgIpc) is 0.811. The van der Waals surface area contributed by atoms with Gasteiger partial charge in [0.1, 0.15) is 5.78 Å². The fourth-order valence-electron chi connectivity index (χ4n) is 0. The minimum atomic E-state index is 0. The van der Waals surface area contributed by atoms with Crippen molar-refractivity contribution in [2.75, 3.05) is 0 Å². The maximum atomic E-state index is 9.44. The van der Waals surface area contributed by atoms with Crippen LogP contribution in [0, 0.1) is 0 Å². The van der Waals surface area contributed by atoms with Crippen LogP contribution in [0.2, 0.25) is 0 Å². The van der Waals surface area contributed by atoms with Crippen LogP contribution in [0.5, 0.6) is 0 Å². The molecule has 0 aromatic carbocycles. The summed E-state index contributed by atoms with van der Waals surface area (Å²) in [5, 5.41) is 0. The second kappa shape index (κ2) is 5.31. The van der Waals surface area contributed by atoms with E-state index in [1.54, 1.807) is 0 Å². The van der Waals surface area contributed by atoms with Gasteiger partial charge in [0.15, 0.2) is 0 Å². The van der Waals surface area contributed by atoms with Crippen LogP contribution >= 0.6 is 0 Å². The SMILES string of the molecule is CC(C)=O.[KH]. The van der Waals surface area contributed by atoms with Gasteiger partial charge in [-0.05, 0) is 13.8 Å². The molecule has 0 aliphatic heterocycles. The second-order valence-electron chi connectivity index (χ2n) is 0.908. The molecule has 0 saturated heterocycles. The molecular weight excluding hydrogens is 91.1 g/mol. The summed E-state index contributed by atoms with van der Waals surface area (Å²) < 4.78 is 0. The van der Waals surface area contributed by atoms with Gasteiger partial charge < -0.3 is 4.79 Å². The number of ketones is 1. The van der Waals surface area contributed by atoms with Crippen molar-refractivity contribution < 1.29 is 4.79 Å². The summed E-state index contributed by atoms with van der Waals surface area (Å²) in [5.74, 6) is 0.167. The molecule has 0 bridgehead atoms. The topological polar surface area (TPSA) is 17.1 Å². The van der Waals surface area contributed by atoms with Crippen molar-refractivity contribution in [3.63, 3.8) is 0 Å². The number of carbonyl (C=O) groups is 1. The standard InChI is InChI=1S/C3H6O.K.H/c1-3(2)4;;/h1-2H3;;. The van der Waals surface area contributed by atoms with Crippen LogP contribution in [0.25, 0.3) is 0 Å². The van der Waals surface area contributed by atoms with Gasteiger partial charge >= 0.3 is 51.4 Å². The van der Waals surface area contributed by atoms with E-state index in [2.05, 4.69) is 0 Å². The summed E-state index contributed by atoms with van der Waals surface area (Å²) in [6, 6.07) is 0. The Balaban J connectivity index is 0. The number of carbonyl (C=O) groups excluding carboxylic acids is 1. The van der Waals surface area contributed by atoms with Crippen LogP contribution in [0.4, 0.5) is 0 Å². The summed E-state index contributed by atoms with van der Waals surface area (Å²) in [7, 11) is 0. The van der Waals surface area contributed by atoms with Crippen LogP contribution in [0.3, 0.4) is 0 Å². The molecule has 0 saturated carbocycles. The van der Waals surface area contributed by atoms with E-state index in [9.17, 15) is 4.79 Å². The van der Waals surface area contributed by atoms with Crippen molar-refractivity contribution >= 4 is 57.2 Å². The zero-order valence-corrected chi connectivity index (χ0v) is 2.91. The minimum absolute atomic E-state index is 0. The Labute approximate surface area is 74.6 Å². The third-order valence-electron chi connectivity index (χ3n) is 0. The summed E-state index contributed by atoms with van der Waals surface area (Å²) >= 11 is 0. The van der Waals surface area contributed by atoms with Crippen LogP contribution in [0.1, 0.15) is 13.8 Å². The van der Waals surface area contributed by atoms with Gasteiger partial charge in [0.25, 0.3) is 0 Å². The number of Topliss-reactive ketones (excluding diaryl/α,β-unsaturated/α-hetero) is 1. The van der Waals surface area contributed by atoms with Gasteiger partial charge in [-0.25, -0.2) is 0 Å². The average molecular weight is 98.2 g/mol. The fraction of sp³-hybridized carbons (Fsp3) is 0.667. The molecule has 2 heteroatoms. The Hall–Kier alpha value is 1.31. The Bertz CT molecular complexity index is 29.9. The van der Waals surface area contributed by atoms with E-state index in [0.717, 1.165) is 0 Å². The van der Waals surface area contributed by atoms with Crippen LogP contribution in [-0.2, 0) is 4.79 Å². The van der Waals surface area contributed by atoms with E-state index in [1.807, 2.05) is 0 Å². The van der Waals surface area contributed by atoms with Crippen molar-refractivity contribution in [2.45, 2.75) is 13.8 Å². The molecule has 0 spiro atoms. The number of hydrogen-bond donors (Lipinski definition) is 0. The predicted octanol–water partition coefficient (Wildman–Crippen LogP) is -0.0532. The van der Waals surface area contributed by atoms with Gasteiger partial charge in [-0.1, -0.05) is 0 Å². The quantitative estimate of drug-likeness (QED) is 0.388. The van der Waals surface area contributed by atoms with Gasteiger partial charge in [-0.15, -0.1) is 0 Å². The molecule has 0 aromatic rings. The fourth-order valence-corrected chi connectivity index (χ4v) is 0. The van der Waals surface area contributed by atoms with Crippen molar-refractivity contribution in [3.8, 4) is 0 Å². The van der Waals surface area contributed by atoms with Gasteiger partial charge in [-0.2, -0.15) is 0 Å². The molecule has 5 heavy (non-hydrogen) atoms. The molecule has 0 N–H and O–H groups in total. The van der Waals surface area contributed by atoms with Crippen LogP contribution in [-0.4, -0.2) is 57.2 Å². The number of rotatable bonds is 0. The summed E-state index contributed by atoms with van der Waals surface area (Å²) in [6.45, 7) is 3.06. The molecule has 0 aliphatic rings.